The molecule has 0 unspecified atom stereocenters. The molecule has 0 aliphatic rings. The van der Waals surface area contributed by atoms with Gasteiger partial charge in [-0.2, -0.15) is 0 Å². The van der Waals surface area contributed by atoms with Crippen LogP contribution in [-0.4, -0.2) is 42.4 Å². The number of amides is 2. The van der Waals surface area contributed by atoms with E-state index in [-0.39, 0.29) is 11.8 Å². The fourth-order valence-corrected chi connectivity index (χ4v) is 1.19. The Balaban J connectivity index is 4.17. The topological polar surface area (TPSA) is 40.6 Å². The number of nitrogens with zero attached hydrogens (tertiary/aromatic N) is 2. The van der Waals surface area contributed by atoms with Crippen LogP contribution in [0.2, 0.25) is 0 Å². The Morgan fingerprint density at radius 1 is 1.20 bits per heavy atom. The van der Waals surface area contributed by atoms with Crippen LogP contribution in [0.1, 0.15) is 26.7 Å². The number of carbonyl (C=O) groups is 2. The Morgan fingerprint density at radius 3 is 2.13 bits per heavy atom. The smallest absolute Gasteiger partial charge is 0.250 e. The molecular weight excluding hydrogens is 192 g/mol. The van der Waals surface area contributed by atoms with Crippen LogP contribution in [0.5, 0.6) is 0 Å². The molecule has 0 aromatic rings. The predicted octanol–water partition coefficient (Wildman–Crippen LogP) is 1.24. The van der Waals surface area contributed by atoms with Crippen molar-refractivity contribution in [1.82, 2.24) is 9.80 Å². The zero-order valence-electron chi connectivity index (χ0n) is 10.0. The Hall–Kier alpha value is -1.32. The molecule has 0 aromatic heterocycles. The van der Waals surface area contributed by atoms with Gasteiger partial charge in [-0.15, -0.1) is 0 Å². The van der Waals surface area contributed by atoms with Crippen LogP contribution in [0.3, 0.4) is 0 Å². The van der Waals surface area contributed by atoms with Gasteiger partial charge in [-0.3, -0.25) is 9.59 Å². The fourth-order valence-electron chi connectivity index (χ4n) is 1.19. The van der Waals surface area contributed by atoms with Gasteiger partial charge in [0.2, 0.25) is 11.8 Å². The Morgan fingerprint density at radius 2 is 1.73 bits per heavy atom. The number of carbonyl (C=O) groups excluding carboxylic acids is 2. The Labute approximate surface area is 91.5 Å². The largest absolute Gasteiger partial charge is 0.328 e. The van der Waals surface area contributed by atoms with Crippen molar-refractivity contribution in [3.8, 4) is 0 Å². The van der Waals surface area contributed by atoms with Crippen LogP contribution in [0.4, 0.5) is 0 Å². The normalized spacial score (nSPS) is 9.60. The lowest BCUT2D eigenvalue weighted by Crippen LogP contribution is -2.40. The first-order valence-electron chi connectivity index (χ1n) is 5.05. The van der Waals surface area contributed by atoms with Crippen LogP contribution in [0.25, 0.3) is 0 Å². The van der Waals surface area contributed by atoms with Crippen molar-refractivity contribution in [2.24, 2.45) is 0 Å². The van der Waals surface area contributed by atoms with Gasteiger partial charge < -0.3 is 9.80 Å². The van der Waals surface area contributed by atoms with Crippen molar-refractivity contribution < 1.29 is 9.59 Å². The third-order valence-electron chi connectivity index (χ3n) is 2.03. The average molecular weight is 212 g/mol. The maximum Gasteiger partial charge on any atom is 0.250 e. The quantitative estimate of drug-likeness (QED) is 0.508. The van der Waals surface area contributed by atoms with Crippen molar-refractivity contribution in [2.45, 2.75) is 26.7 Å². The number of hydrogen-bond acceptors (Lipinski definition) is 2. The summed E-state index contributed by atoms with van der Waals surface area (Å²) in [4.78, 5) is 25.9. The first-order chi connectivity index (χ1) is 6.90. The lowest BCUT2D eigenvalue weighted by atomic mass is 10.3. The molecule has 0 saturated heterocycles. The van der Waals surface area contributed by atoms with Crippen LogP contribution in [-0.2, 0) is 9.59 Å². The molecule has 0 atom stereocenters. The maximum absolute atomic E-state index is 11.4. The highest BCUT2D eigenvalue weighted by atomic mass is 16.2. The van der Waals surface area contributed by atoms with Gasteiger partial charge in [0, 0.05) is 26.1 Å². The van der Waals surface area contributed by atoms with Gasteiger partial charge in [0.05, 0.1) is 6.67 Å². The van der Waals surface area contributed by atoms with E-state index in [4.69, 9.17) is 0 Å². The molecule has 0 spiro atoms. The molecule has 0 rings (SSSR count). The Bertz CT molecular complexity index is 261. The minimum absolute atomic E-state index is 0.0545. The number of rotatable bonds is 5. The van der Waals surface area contributed by atoms with Gasteiger partial charge in [0.15, 0.2) is 0 Å². The van der Waals surface area contributed by atoms with Crippen molar-refractivity contribution in [3.05, 3.63) is 12.2 Å². The van der Waals surface area contributed by atoms with Gasteiger partial charge >= 0.3 is 0 Å². The van der Waals surface area contributed by atoms with E-state index >= 15 is 0 Å². The van der Waals surface area contributed by atoms with Gasteiger partial charge in [0.25, 0.3) is 0 Å². The summed E-state index contributed by atoms with van der Waals surface area (Å²) in [5.74, 6) is -0.0787. The molecule has 0 radical (unpaired) electrons. The molecule has 0 bridgehead atoms. The molecule has 15 heavy (non-hydrogen) atoms. The third kappa shape index (κ3) is 4.63. The van der Waals surface area contributed by atoms with E-state index in [1.165, 1.54) is 4.90 Å². The first-order valence-corrected chi connectivity index (χ1v) is 5.05. The van der Waals surface area contributed by atoms with Gasteiger partial charge in [-0.25, -0.2) is 0 Å². The molecule has 0 N–H and O–H groups in total. The molecule has 0 saturated carbocycles. The van der Waals surface area contributed by atoms with E-state index in [0.29, 0.717) is 18.7 Å². The molecule has 0 fully saturated rings. The summed E-state index contributed by atoms with van der Waals surface area (Å²) in [7, 11) is 3.35. The summed E-state index contributed by atoms with van der Waals surface area (Å²) in [6.45, 7) is 7.49. The molecule has 86 valence electrons. The average Bonchev–Trinajstić information content (AvgIpc) is 2.16. The van der Waals surface area contributed by atoms with Crippen molar-refractivity contribution in [2.75, 3.05) is 20.8 Å². The highest BCUT2D eigenvalue weighted by Gasteiger charge is 2.14. The highest BCUT2D eigenvalue weighted by Crippen LogP contribution is 2.00. The van der Waals surface area contributed by atoms with Crippen molar-refractivity contribution >= 4 is 11.8 Å². The maximum atomic E-state index is 11.4. The second kappa shape index (κ2) is 6.22. The van der Waals surface area contributed by atoms with Crippen LogP contribution in [0, 0.1) is 0 Å². The summed E-state index contributed by atoms with van der Waals surface area (Å²) in [5, 5.41) is 0. The molecular formula is C11H20N2O2. The van der Waals surface area contributed by atoms with Gasteiger partial charge in [-0.1, -0.05) is 13.5 Å². The van der Waals surface area contributed by atoms with E-state index in [1.54, 1.807) is 25.9 Å². The van der Waals surface area contributed by atoms with Crippen LogP contribution >= 0.6 is 0 Å². The van der Waals surface area contributed by atoms with E-state index < -0.39 is 0 Å². The van der Waals surface area contributed by atoms with E-state index in [1.807, 2.05) is 6.92 Å². The van der Waals surface area contributed by atoms with E-state index in [2.05, 4.69) is 6.58 Å². The third-order valence-corrected chi connectivity index (χ3v) is 2.03. The molecule has 0 aliphatic carbocycles. The summed E-state index contributed by atoms with van der Waals surface area (Å²) >= 11 is 0. The SMILES string of the molecule is C=C(C)C(=O)N(C)CN(C)C(=O)CCC. The van der Waals surface area contributed by atoms with Crippen LogP contribution in [0.15, 0.2) is 12.2 Å². The monoisotopic (exact) mass is 212 g/mol. The van der Waals surface area contributed by atoms with Gasteiger partial charge in [-0.05, 0) is 13.3 Å². The Kier molecular flexibility index (Phi) is 5.67. The van der Waals surface area contributed by atoms with Gasteiger partial charge in [0.1, 0.15) is 0 Å². The molecule has 4 nitrogen and oxygen atoms in total. The number of hydrogen-bond donors (Lipinski definition) is 0. The zero-order valence-corrected chi connectivity index (χ0v) is 10.0. The minimum Gasteiger partial charge on any atom is -0.328 e. The second-order valence-electron chi connectivity index (χ2n) is 3.77. The highest BCUT2D eigenvalue weighted by molar-refractivity contribution is 5.92. The fraction of sp³-hybridized carbons (Fsp3) is 0.636. The first kappa shape index (κ1) is 13.7. The number of likely N-dealkylation sites (N-methyl/N-ethyl adjacent to an activating group) is 1. The lowest BCUT2D eigenvalue weighted by Gasteiger charge is -2.24. The molecule has 2 amide bonds. The lowest BCUT2D eigenvalue weighted by molar-refractivity contribution is -0.135. The summed E-state index contributed by atoms with van der Waals surface area (Å²) in [6, 6.07) is 0. The summed E-state index contributed by atoms with van der Waals surface area (Å²) in [6.07, 6.45) is 1.34. The van der Waals surface area contributed by atoms with E-state index in [9.17, 15) is 9.59 Å². The standard InChI is InChI=1S/C11H20N2O2/c1-6-7-10(14)12(4)8-13(5)11(15)9(2)3/h2,6-8H2,1,3-5H3. The molecule has 0 heterocycles. The minimum atomic E-state index is -0.133. The van der Waals surface area contributed by atoms with Crippen molar-refractivity contribution in [3.63, 3.8) is 0 Å². The van der Waals surface area contributed by atoms with Crippen LogP contribution < -0.4 is 0 Å². The molecule has 4 heteroatoms. The summed E-state index contributed by atoms with van der Waals surface area (Å²) < 4.78 is 0. The molecule has 0 aromatic carbocycles. The zero-order chi connectivity index (χ0) is 12.0. The second-order valence-corrected chi connectivity index (χ2v) is 3.77. The predicted molar refractivity (Wildman–Crippen MR) is 60.1 cm³/mol. The summed E-state index contributed by atoms with van der Waals surface area (Å²) in [5.41, 5.74) is 0.480. The van der Waals surface area contributed by atoms with Crippen molar-refractivity contribution in [1.29, 1.82) is 0 Å². The molecule has 0 aliphatic heterocycles. The van der Waals surface area contributed by atoms with E-state index in [0.717, 1.165) is 6.42 Å².